The number of ether oxygens (including phenoxy) is 1. The van der Waals surface area contributed by atoms with Crippen molar-refractivity contribution in [2.75, 3.05) is 20.2 Å². The summed E-state index contributed by atoms with van der Waals surface area (Å²) in [6, 6.07) is 10.1. The predicted octanol–water partition coefficient (Wildman–Crippen LogP) is 3.94. The van der Waals surface area contributed by atoms with Gasteiger partial charge in [0, 0.05) is 18.1 Å². The van der Waals surface area contributed by atoms with Crippen LogP contribution in [0.25, 0.3) is 0 Å². The molecule has 0 aromatic heterocycles. The number of hydrogen-bond donors (Lipinski definition) is 0. The molecule has 0 aliphatic rings. The maximum Gasteiger partial charge on any atom is 0.244 e. The van der Waals surface area contributed by atoms with E-state index >= 15 is 0 Å². The van der Waals surface area contributed by atoms with Gasteiger partial charge in [0.2, 0.25) is 10.0 Å². The highest BCUT2D eigenvalue weighted by Gasteiger charge is 2.23. The van der Waals surface area contributed by atoms with Crippen LogP contribution in [0, 0.1) is 5.82 Å². The Labute approximate surface area is 148 Å². The van der Waals surface area contributed by atoms with Crippen molar-refractivity contribution in [2.45, 2.75) is 4.90 Å². The van der Waals surface area contributed by atoms with Crippen LogP contribution in [0.4, 0.5) is 4.39 Å². The van der Waals surface area contributed by atoms with Gasteiger partial charge in [0.15, 0.2) is 0 Å². The fourth-order valence-electron chi connectivity index (χ4n) is 1.80. The Morgan fingerprint density at radius 3 is 2.48 bits per heavy atom. The molecule has 8 heteroatoms. The van der Waals surface area contributed by atoms with Crippen LogP contribution in [0.3, 0.4) is 0 Å². The highest BCUT2D eigenvalue weighted by atomic mass is 79.9. The molecule has 0 amide bonds. The Kier molecular flexibility index (Phi) is 6.02. The van der Waals surface area contributed by atoms with Crippen LogP contribution in [0.5, 0.6) is 5.75 Å². The fourth-order valence-corrected chi connectivity index (χ4v) is 3.96. The van der Waals surface area contributed by atoms with Crippen molar-refractivity contribution < 1.29 is 17.5 Å². The van der Waals surface area contributed by atoms with E-state index in [1.807, 2.05) is 0 Å². The summed E-state index contributed by atoms with van der Waals surface area (Å²) in [4.78, 5) is 0.0339. The molecular weight excluding hydrogens is 409 g/mol. The summed E-state index contributed by atoms with van der Waals surface area (Å²) >= 11 is 9.23. The second-order valence-electron chi connectivity index (χ2n) is 4.70. The molecule has 23 heavy (non-hydrogen) atoms. The van der Waals surface area contributed by atoms with Gasteiger partial charge < -0.3 is 4.74 Å². The molecule has 0 heterocycles. The van der Waals surface area contributed by atoms with Crippen molar-refractivity contribution in [2.24, 2.45) is 0 Å². The smallest absolute Gasteiger partial charge is 0.244 e. The van der Waals surface area contributed by atoms with E-state index in [1.54, 1.807) is 6.07 Å². The molecule has 0 aliphatic heterocycles. The first-order valence-corrected chi connectivity index (χ1v) is 9.21. The first-order valence-electron chi connectivity index (χ1n) is 6.60. The molecule has 0 aliphatic carbocycles. The summed E-state index contributed by atoms with van der Waals surface area (Å²) in [5.41, 5.74) is 0. The lowest BCUT2D eigenvalue weighted by Crippen LogP contribution is -2.31. The third-order valence-corrected chi connectivity index (χ3v) is 5.90. The number of halogens is 3. The van der Waals surface area contributed by atoms with Crippen molar-refractivity contribution in [3.8, 4) is 5.75 Å². The molecule has 2 aromatic rings. The van der Waals surface area contributed by atoms with Gasteiger partial charge in [-0.05, 0) is 42.5 Å². The first-order chi connectivity index (χ1) is 10.8. The minimum absolute atomic E-state index is 0.0339. The number of likely N-dealkylation sites (N-methyl/N-ethyl adjacent to an activating group) is 1. The Morgan fingerprint density at radius 1 is 1.22 bits per heavy atom. The highest BCUT2D eigenvalue weighted by molar-refractivity contribution is 9.10. The van der Waals surface area contributed by atoms with E-state index in [4.69, 9.17) is 16.3 Å². The average molecular weight is 423 g/mol. The number of sulfonamides is 1. The number of hydrogen-bond acceptors (Lipinski definition) is 3. The standard InChI is InChI=1S/C15H14BrClFNO3S/c1-19(8-9-22-13-5-3-12(18)4-6-13)23(20,21)15-7-2-11(16)10-14(15)17/h2-7,10H,8-9H2,1H3. The Balaban J connectivity index is 2.01. The van der Waals surface area contributed by atoms with Crippen molar-refractivity contribution in [3.05, 3.63) is 57.8 Å². The van der Waals surface area contributed by atoms with Crippen molar-refractivity contribution in [1.82, 2.24) is 4.31 Å². The quantitative estimate of drug-likeness (QED) is 0.708. The van der Waals surface area contributed by atoms with Gasteiger partial charge in [0.05, 0.1) is 5.02 Å². The van der Waals surface area contributed by atoms with Gasteiger partial charge in [-0.1, -0.05) is 27.5 Å². The normalized spacial score (nSPS) is 11.7. The molecule has 4 nitrogen and oxygen atoms in total. The molecule has 0 saturated heterocycles. The van der Waals surface area contributed by atoms with Gasteiger partial charge in [-0.3, -0.25) is 0 Å². The van der Waals surface area contributed by atoms with Crippen LogP contribution in [0.15, 0.2) is 51.8 Å². The molecule has 0 N–H and O–H groups in total. The van der Waals surface area contributed by atoms with E-state index in [0.717, 1.165) is 4.31 Å². The van der Waals surface area contributed by atoms with Crippen LogP contribution in [0.1, 0.15) is 0 Å². The predicted molar refractivity (Wildman–Crippen MR) is 90.9 cm³/mol. The second kappa shape index (κ2) is 7.61. The van der Waals surface area contributed by atoms with Gasteiger partial charge in [0.25, 0.3) is 0 Å². The molecule has 124 valence electrons. The van der Waals surface area contributed by atoms with Crippen LogP contribution in [0.2, 0.25) is 5.02 Å². The monoisotopic (exact) mass is 421 g/mol. The SMILES string of the molecule is CN(CCOc1ccc(F)cc1)S(=O)(=O)c1ccc(Br)cc1Cl. The first kappa shape index (κ1) is 18.2. The van der Waals surface area contributed by atoms with Gasteiger partial charge in [0.1, 0.15) is 23.1 Å². The van der Waals surface area contributed by atoms with Crippen LogP contribution in [-0.4, -0.2) is 32.9 Å². The minimum Gasteiger partial charge on any atom is -0.492 e. The molecule has 0 saturated carbocycles. The third-order valence-electron chi connectivity index (χ3n) is 3.07. The number of benzene rings is 2. The minimum atomic E-state index is -3.71. The molecule has 0 fully saturated rings. The molecule has 0 atom stereocenters. The maximum atomic E-state index is 12.8. The lowest BCUT2D eigenvalue weighted by molar-refractivity contribution is 0.286. The number of nitrogens with zero attached hydrogens (tertiary/aromatic N) is 1. The molecule has 0 radical (unpaired) electrons. The lowest BCUT2D eigenvalue weighted by Gasteiger charge is -2.18. The van der Waals surface area contributed by atoms with Gasteiger partial charge >= 0.3 is 0 Å². The van der Waals surface area contributed by atoms with E-state index in [-0.39, 0.29) is 28.9 Å². The van der Waals surface area contributed by atoms with Crippen LogP contribution >= 0.6 is 27.5 Å². The molecule has 2 aromatic carbocycles. The Morgan fingerprint density at radius 2 is 1.87 bits per heavy atom. The molecular formula is C15H14BrClFNO3S. The second-order valence-corrected chi connectivity index (χ2v) is 8.04. The van der Waals surface area contributed by atoms with E-state index in [1.165, 1.54) is 43.4 Å². The van der Waals surface area contributed by atoms with E-state index < -0.39 is 10.0 Å². The zero-order chi connectivity index (χ0) is 17.0. The van der Waals surface area contributed by atoms with E-state index in [9.17, 15) is 12.8 Å². The largest absolute Gasteiger partial charge is 0.492 e. The van der Waals surface area contributed by atoms with Crippen molar-refractivity contribution >= 4 is 37.6 Å². The van der Waals surface area contributed by atoms with Gasteiger partial charge in [-0.2, -0.15) is 4.31 Å². The maximum absolute atomic E-state index is 12.8. The third kappa shape index (κ3) is 4.67. The summed E-state index contributed by atoms with van der Waals surface area (Å²) in [7, 11) is -2.26. The highest BCUT2D eigenvalue weighted by Crippen LogP contribution is 2.27. The lowest BCUT2D eigenvalue weighted by atomic mass is 10.3. The molecule has 0 spiro atoms. The van der Waals surface area contributed by atoms with Crippen molar-refractivity contribution in [3.63, 3.8) is 0 Å². The molecule has 0 unspecified atom stereocenters. The summed E-state index contributed by atoms with van der Waals surface area (Å²) in [5.74, 6) is 0.112. The summed E-state index contributed by atoms with van der Waals surface area (Å²) in [6.45, 7) is 0.265. The zero-order valence-corrected chi connectivity index (χ0v) is 15.3. The summed E-state index contributed by atoms with van der Waals surface area (Å²) in [6.07, 6.45) is 0. The van der Waals surface area contributed by atoms with E-state index in [0.29, 0.717) is 10.2 Å². The summed E-state index contributed by atoms with van der Waals surface area (Å²) < 4.78 is 45.0. The summed E-state index contributed by atoms with van der Waals surface area (Å²) in [5, 5.41) is 0.144. The zero-order valence-electron chi connectivity index (χ0n) is 12.2. The Hall–Kier alpha value is -1.15. The van der Waals surface area contributed by atoms with Crippen molar-refractivity contribution in [1.29, 1.82) is 0 Å². The number of rotatable bonds is 6. The van der Waals surface area contributed by atoms with Gasteiger partial charge in [-0.15, -0.1) is 0 Å². The molecule has 0 bridgehead atoms. The van der Waals surface area contributed by atoms with Crippen LogP contribution in [-0.2, 0) is 10.0 Å². The Bertz CT molecular complexity index is 784. The fraction of sp³-hybridized carbons (Fsp3) is 0.200. The van der Waals surface area contributed by atoms with Gasteiger partial charge in [-0.25, -0.2) is 12.8 Å². The van der Waals surface area contributed by atoms with Crippen LogP contribution < -0.4 is 4.74 Å². The topological polar surface area (TPSA) is 46.6 Å². The molecule has 2 rings (SSSR count). The average Bonchev–Trinajstić information content (AvgIpc) is 2.48. The van der Waals surface area contributed by atoms with E-state index in [2.05, 4.69) is 15.9 Å².